The minimum absolute atomic E-state index is 0.320. The van der Waals surface area contributed by atoms with Gasteiger partial charge in [-0.1, -0.05) is 30.3 Å². The van der Waals surface area contributed by atoms with Gasteiger partial charge in [0.2, 0.25) is 0 Å². The lowest BCUT2D eigenvalue weighted by Gasteiger charge is -2.32. The summed E-state index contributed by atoms with van der Waals surface area (Å²) in [6.07, 6.45) is 0. The van der Waals surface area contributed by atoms with Crippen molar-refractivity contribution in [2.24, 2.45) is 0 Å². The van der Waals surface area contributed by atoms with E-state index in [9.17, 15) is 0 Å². The molecule has 0 bridgehead atoms. The largest absolute Gasteiger partial charge is 0.494 e. The SMILES string of the molecule is Cc1ccccc1SCCOc1ccc(B2OC(C)(C)C(C)(C)O2)cc1. The van der Waals surface area contributed by atoms with Gasteiger partial charge in [-0.2, -0.15) is 0 Å². The van der Waals surface area contributed by atoms with Gasteiger partial charge in [-0.05, 0) is 63.8 Å². The molecule has 138 valence electrons. The molecule has 3 nitrogen and oxygen atoms in total. The molecule has 0 aromatic heterocycles. The quantitative estimate of drug-likeness (QED) is 0.426. The lowest BCUT2D eigenvalue weighted by atomic mass is 9.79. The second kappa shape index (κ2) is 7.67. The van der Waals surface area contributed by atoms with E-state index in [4.69, 9.17) is 14.0 Å². The highest BCUT2D eigenvalue weighted by Crippen LogP contribution is 2.36. The van der Waals surface area contributed by atoms with E-state index in [1.165, 1.54) is 10.5 Å². The molecular weight excluding hydrogens is 343 g/mol. The minimum atomic E-state index is -0.328. The average Bonchev–Trinajstić information content (AvgIpc) is 2.81. The first-order chi connectivity index (χ1) is 12.3. The Kier molecular flexibility index (Phi) is 5.71. The predicted octanol–water partition coefficient (Wildman–Crippen LogP) is 4.47. The van der Waals surface area contributed by atoms with Gasteiger partial charge < -0.3 is 14.0 Å². The molecule has 1 aliphatic heterocycles. The molecule has 0 unspecified atom stereocenters. The maximum atomic E-state index is 6.08. The van der Waals surface area contributed by atoms with E-state index < -0.39 is 0 Å². The molecule has 1 saturated heterocycles. The Balaban J connectivity index is 1.50. The molecule has 0 atom stereocenters. The van der Waals surface area contributed by atoms with Crippen LogP contribution < -0.4 is 10.2 Å². The standard InChI is InChI=1S/C21H27BO3S/c1-16-8-6-7-9-19(16)26-15-14-23-18-12-10-17(11-13-18)22-24-20(2,3)21(4,5)25-22/h6-13H,14-15H2,1-5H3. The van der Waals surface area contributed by atoms with Crippen LogP contribution >= 0.6 is 11.8 Å². The van der Waals surface area contributed by atoms with Gasteiger partial charge in [-0.3, -0.25) is 0 Å². The van der Waals surface area contributed by atoms with E-state index >= 15 is 0 Å². The molecule has 1 heterocycles. The van der Waals surface area contributed by atoms with Gasteiger partial charge in [0.25, 0.3) is 0 Å². The third-order valence-electron chi connectivity index (χ3n) is 5.11. The summed E-state index contributed by atoms with van der Waals surface area (Å²) >= 11 is 1.82. The van der Waals surface area contributed by atoms with Crippen LogP contribution in [0.15, 0.2) is 53.4 Å². The van der Waals surface area contributed by atoms with E-state index in [1.807, 2.05) is 36.0 Å². The van der Waals surface area contributed by atoms with E-state index in [1.54, 1.807) is 0 Å². The van der Waals surface area contributed by atoms with E-state index in [2.05, 4.69) is 58.9 Å². The molecule has 26 heavy (non-hydrogen) atoms. The number of ether oxygens (including phenoxy) is 1. The predicted molar refractivity (Wildman–Crippen MR) is 110 cm³/mol. The van der Waals surface area contributed by atoms with Crippen LogP contribution in [0.5, 0.6) is 5.75 Å². The van der Waals surface area contributed by atoms with Gasteiger partial charge in [0.1, 0.15) is 5.75 Å². The van der Waals surface area contributed by atoms with Crippen LogP contribution in [-0.2, 0) is 9.31 Å². The molecule has 0 N–H and O–H groups in total. The van der Waals surface area contributed by atoms with Crippen molar-refractivity contribution in [1.29, 1.82) is 0 Å². The van der Waals surface area contributed by atoms with Gasteiger partial charge in [-0.15, -0.1) is 11.8 Å². The fourth-order valence-corrected chi connectivity index (χ4v) is 3.59. The molecule has 1 fully saturated rings. The summed E-state index contributed by atoms with van der Waals surface area (Å²) in [6, 6.07) is 16.4. The molecule has 0 aliphatic carbocycles. The normalized spacial score (nSPS) is 18.1. The van der Waals surface area contributed by atoms with Crippen LogP contribution in [0.25, 0.3) is 0 Å². The summed E-state index contributed by atoms with van der Waals surface area (Å²) in [6.45, 7) is 11.1. The highest BCUT2D eigenvalue weighted by Gasteiger charge is 2.51. The van der Waals surface area contributed by atoms with Crippen molar-refractivity contribution in [2.45, 2.75) is 50.7 Å². The first kappa shape index (κ1) is 19.3. The Morgan fingerprint density at radius 2 is 1.54 bits per heavy atom. The van der Waals surface area contributed by atoms with Crippen LogP contribution in [0.2, 0.25) is 0 Å². The summed E-state index contributed by atoms with van der Waals surface area (Å²) in [4.78, 5) is 1.31. The van der Waals surface area contributed by atoms with E-state index in [0.29, 0.717) is 6.61 Å². The zero-order valence-corrected chi connectivity index (χ0v) is 17.1. The van der Waals surface area contributed by atoms with Crippen LogP contribution in [0, 0.1) is 6.92 Å². The van der Waals surface area contributed by atoms with Crippen molar-refractivity contribution in [3.8, 4) is 5.75 Å². The van der Waals surface area contributed by atoms with Crippen LogP contribution in [0.4, 0.5) is 0 Å². The second-order valence-electron chi connectivity index (χ2n) is 7.62. The number of hydrogen-bond donors (Lipinski definition) is 0. The number of hydrogen-bond acceptors (Lipinski definition) is 4. The first-order valence-electron chi connectivity index (χ1n) is 9.05. The summed E-state index contributed by atoms with van der Waals surface area (Å²) < 4.78 is 18.0. The molecular formula is C21H27BO3S. The van der Waals surface area contributed by atoms with Crippen LogP contribution in [-0.4, -0.2) is 30.7 Å². The van der Waals surface area contributed by atoms with Gasteiger partial charge in [0.15, 0.2) is 0 Å². The third-order valence-corrected chi connectivity index (χ3v) is 6.25. The van der Waals surface area contributed by atoms with Crippen molar-refractivity contribution in [3.63, 3.8) is 0 Å². The molecule has 0 spiro atoms. The summed E-state index contributed by atoms with van der Waals surface area (Å²) in [5.74, 6) is 1.79. The van der Waals surface area contributed by atoms with Gasteiger partial charge >= 0.3 is 7.12 Å². The van der Waals surface area contributed by atoms with Crippen molar-refractivity contribution in [3.05, 3.63) is 54.1 Å². The Bertz CT molecular complexity index is 727. The average molecular weight is 370 g/mol. The lowest BCUT2D eigenvalue weighted by Crippen LogP contribution is -2.41. The van der Waals surface area contributed by atoms with E-state index in [0.717, 1.165) is 17.0 Å². The van der Waals surface area contributed by atoms with Crippen LogP contribution in [0.3, 0.4) is 0 Å². The fourth-order valence-electron chi connectivity index (χ4n) is 2.73. The molecule has 5 heteroatoms. The Hall–Kier alpha value is -1.43. The fraction of sp³-hybridized carbons (Fsp3) is 0.429. The summed E-state index contributed by atoms with van der Waals surface area (Å²) in [5.41, 5.74) is 1.69. The highest BCUT2D eigenvalue weighted by molar-refractivity contribution is 7.99. The maximum Gasteiger partial charge on any atom is 0.494 e. The number of rotatable bonds is 6. The Morgan fingerprint density at radius 3 is 2.15 bits per heavy atom. The summed E-state index contributed by atoms with van der Waals surface area (Å²) in [5, 5.41) is 0. The number of aryl methyl sites for hydroxylation is 1. The minimum Gasteiger partial charge on any atom is -0.493 e. The van der Waals surface area contributed by atoms with Crippen molar-refractivity contribution in [2.75, 3.05) is 12.4 Å². The Labute approximate surface area is 161 Å². The zero-order valence-electron chi connectivity index (χ0n) is 16.2. The van der Waals surface area contributed by atoms with Gasteiger partial charge in [-0.25, -0.2) is 0 Å². The monoisotopic (exact) mass is 370 g/mol. The van der Waals surface area contributed by atoms with E-state index in [-0.39, 0.29) is 18.3 Å². The first-order valence-corrected chi connectivity index (χ1v) is 10.0. The number of thioether (sulfide) groups is 1. The molecule has 0 radical (unpaired) electrons. The number of benzene rings is 2. The van der Waals surface area contributed by atoms with Gasteiger partial charge in [0.05, 0.1) is 17.8 Å². The summed E-state index contributed by atoms with van der Waals surface area (Å²) in [7, 11) is -0.328. The van der Waals surface area contributed by atoms with Gasteiger partial charge in [0, 0.05) is 10.6 Å². The molecule has 2 aromatic rings. The highest BCUT2D eigenvalue weighted by atomic mass is 32.2. The Morgan fingerprint density at radius 1 is 0.923 bits per heavy atom. The molecule has 3 rings (SSSR count). The molecule has 2 aromatic carbocycles. The maximum absolute atomic E-state index is 6.08. The molecule has 0 saturated carbocycles. The van der Waals surface area contributed by atoms with Crippen LogP contribution in [0.1, 0.15) is 33.3 Å². The topological polar surface area (TPSA) is 27.7 Å². The zero-order chi connectivity index (χ0) is 18.8. The van der Waals surface area contributed by atoms with Crippen molar-refractivity contribution < 1.29 is 14.0 Å². The second-order valence-corrected chi connectivity index (χ2v) is 8.76. The third kappa shape index (κ3) is 4.28. The van der Waals surface area contributed by atoms with Crippen molar-refractivity contribution in [1.82, 2.24) is 0 Å². The smallest absolute Gasteiger partial charge is 0.493 e. The molecule has 1 aliphatic rings. The van der Waals surface area contributed by atoms with Crippen molar-refractivity contribution >= 4 is 24.3 Å². The molecule has 0 amide bonds. The lowest BCUT2D eigenvalue weighted by molar-refractivity contribution is 0.00578.